The number of unbranched alkanes of at least 4 members (excludes halogenated alkanes) is 2. The summed E-state index contributed by atoms with van der Waals surface area (Å²) >= 11 is 0. The van der Waals surface area contributed by atoms with E-state index in [-0.39, 0.29) is 30.0 Å². The normalized spacial score (nSPS) is 22.1. The van der Waals surface area contributed by atoms with Gasteiger partial charge in [-0.05, 0) is 58.7 Å². The Labute approximate surface area is 184 Å². The van der Waals surface area contributed by atoms with E-state index in [0.29, 0.717) is 13.1 Å². The third kappa shape index (κ3) is 11.0. The standard InChI is InChI=1S/C19H36F3N5.HI/c1-2-23-18(25-17-9-14-27(15-17)16-19(20,21)22)24-10-5-3-6-11-26-12-7-4-8-13-26;/h17H,2-16H2,1H3,(H2,23,24,25);1H. The highest BCUT2D eigenvalue weighted by Crippen LogP contribution is 2.19. The number of halogens is 4. The predicted octanol–water partition coefficient (Wildman–Crippen LogP) is 3.45. The first-order chi connectivity index (χ1) is 13.0. The molecule has 0 aromatic rings. The number of rotatable bonds is 9. The molecule has 1 atom stereocenters. The molecule has 28 heavy (non-hydrogen) atoms. The van der Waals surface area contributed by atoms with Gasteiger partial charge < -0.3 is 15.5 Å². The van der Waals surface area contributed by atoms with Crippen molar-refractivity contribution in [3.8, 4) is 0 Å². The van der Waals surface area contributed by atoms with Crippen molar-refractivity contribution in [2.24, 2.45) is 4.99 Å². The molecule has 2 aliphatic heterocycles. The van der Waals surface area contributed by atoms with Crippen LogP contribution in [0.1, 0.15) is 51.9 Å². The van der Waals surface area contributed by atoms with E-state index in [0.717, 1.165) is 31.9 Å². The van der Waals surface area contributed by atoms with Crippen LogP contribution in [0.5, 0.6) is 0 Å². The molecule has 0 saturated carbocycles. The molecule has 1 unspecified atom stereocenters. The molecule has 2 N–H and O–H groups in total. The van der Waals surface area contributed by atoms with E-state index in [1.54, 1.807) is 0 Å². The summed E-state index contributed by atoms with van der Waals surface area (Å²) in [6.07, 6.45) is 4.08. The number of aliphatic imine (C=N–C) groups is 1. The minimum atomic E-state index is -4.12. The van der Waals surface area contributed by atoms with Gasteiger partial charge in [0.2, 0.25) is 0 Å². The summed E-state index contributed by atoms with van der Waals surface area (Å²) in [6, 6.07) is 0.0317. The maximum absolute atomic E-state index is 12.5. The number of alkyl halides is 3. The number of likely N-dealkylation sites (tertiary alicyclic amines) is 2. The van der Waals surface area contributed by atoms with Gasteiger partial charge >= 0.3 is 6.18 Å². The van der Waals surface area contributed by atoms with Crippen LogP contribution in [0.3, 0.4) is 0 Å². The molecule has 0 bridgehead atoms. The second kappa shape index (κ2) is 13.8. The Morgan fingerprint density at radius 2 is 1.79 bits per heavy atom. The van der Waals surface area contributed by atoms with Crippen LogP contribution < -0.4 is 10.6 Å². The fourth-order valence-electron chi connectivity index (χ4n) is 3.86. The first-order valence-corrected chi connectivity index (χ1v) is 10.5. The van der Waals surface area contributed by atoms with Crippen molar-refractivity contribution in [3.05, 3.63) is 0 Å². The quantitative estimate of drug-likeness (QED) is 0.212. The second-order valence-corrected chi connectivity index (χ2v) is 7.70. The average Bonchev–Trinajstić information content (AvgIpc) is 3.04. The van der Waals surface area contributed by atoms with Gasteiger partial charge in [-0.1, -0.05) is 12.8 Å². The molecule has 5 nitrogen and oxygen atoms in total. The Kier molecular flexibility index (Phi) is 12.7. The summed E-state index contributed by atoms with van der Waals surface area (Å²) in [6.45, 7) is 7.27. The smallest absolute Gasteiger partial charge is 0.357 e. The third-order valence-electron chi connectivity index (χ3n) is 5.21. The van der Waals surface area contributed by atoms with E-state index in [9.17, 15) is 13.2 Å². The SMILES string of the molecule is CCNC(=NCCCCCN1CCCCC1)NC1CCN(CC(F)(F)F)C1.I. The van der Waals surface area contributed by atoms with Gasteiger partial charge in [-0.2, -0.15) is 13.2 Å². The highest BCUT2D eigenvalue weighted by molar-refractivity contribution is 14.0. The zero-order valence-electron chi connectivity index (χ0n) is 17.1. The summed E-state index contributed by atoms with van der Waals surface area (Å²) < 4.78 is 37.5. The molecule has 2 heterocycles. The zero-order chi connectivity index (χ0) is 19.5. The lowest BCUT2D eigenvalue weighted by atomic mass is 10.1. The van der Waals surface area contributed by atoms with Crippen LogP contribution in [-0.2, 0) is 0 Å². The van der Waals surface area contributed by atoms with Gasteiger partial charge in [0.25, 0.3) is 0 Å². The fourth-order valence-corrected chi connectivity index (χ4v) is 3.86. The van der Waals surface area contributed by atoms with E-state index in [1.165, 1.54) is 56.6 Å². The van der Waals surface area contributed by atoms with Crippen molar-refractivity contribution in [2.75, 3.05) is 52.4 Å². The summed E-state index contributed by atoms with van der Waals surface area (Å²) in [7, 11) is 0. The molecule has 166 valence electrons. The summed E-state index contributed by atoms with van der Waals surface area (Å²) in [5.74, 6) is 0.729. The lowest BCUT2D eigenvalue weighted by Crippen LogP contribution is -2.45. The summed E-state index contributed by atoms with van der Waals surface area (Å²) in [5, 5.41) is 6.50. The monoisotopic (exact) mass is 519 g/mol. The van der Waals surface area contributed by atoms with Crippen molar-refractivity contribution >= 4 is 29.9 Å². The minimum Gasteiger partial charge on any atom is -0.357 e. The first kappa shape index (κ1) is 25.7. The van der Waals surface area contributed by atoms with E-state index in [2.05, 4.69) is 20.5 Å². The zero-order valence-corrected chi connectivity index (χ0v) is 19.4. The number of nitrogens with one attached hydrogen (secondary N) is 2. The Bertz CT molecular complexity index is 442. The molecular weight excluding hydrogens is 482 g/mol. The van der Waals surface area contributed by atoms with Gasteiger partial charge in [-0.3, -0.25) is 9.89 Å². The van der Waals surface area contributed by atoms with Crippen molar-refractivity contribution in [3.63, 3.8) is 0 Å². The topological polar surface area (TPSA) is 42.9 Å². The van der Waals surface area contributed by atoms with Crippen molar-refractivity contribution in [1.82, 2.24) is 20.4 Å². The highest BCUT2D eigenvalue weighted by atomic mass is 127. The largest absolute Gasteiger partial charge is 0.401 e. The highest BCUT2D eigenvalue weighted by Gasteiger charge is 2.34. The van der Waals surface area contributed by atoms with Gasteiger partial charge in [-0.25, -0.2) is 0 Å². The molecule has 0 radical (unpaired) electrons. The van der Waals surface area contributed by atoms with E-state index < -0.39 is 12.7 Å². The molecule has 0 spiro atoms. The van der Waals surface area contributed by atoms with Crippen LogP contribution >= 0.6 is 24.0 Å². The molecule has 0 aromatic heterocycles. The molecule has 2 saturated heterocycles. The third-order valence-corrected chi connectivity index (χ3v) is 5.21. The number of hydrogen-bond acceptors (Lipinski definition) is 3. The maximum atomic E-state index is 12.5. The molecule has 0 amide bonds. The minimum absolute atomic E-state index is 0. The van der Waals surface area contributed by atoms with Crippen molar-refractivity contribution < 1.29 is 13.2 Å². The summed E-state index contributed by atoms with van der Waals surface area (Å²) in [4.78, 5) is 8.62. The Morgan fingerprint density at radius 1 is 1.04 bits per heavy atom. The molecular formula is C19H37F3IN5. The fraction of sp³-hybridized carbons (Fsp3) is 0.947. The van der Waals surface area contributed by atoms with Gasteiger partial charge in [0, 0.05) is 32.2 Å². The van der Waals surface area contributed by atoms with Gasteiger partial charge in [-0.15, -0.1) is 24.0 Å². The van der Waals surface area contributed by atoms with Gasteiger partial charge in [0.15, 0.2) is 5.96 Å². The first-order valence-electron chi connectivity index (χ1n) is 10.5. The Morgan fingerprint density at radius 3 is 2.46 bits per heavy atom. The van der Waals surface area contributed by atoms with Gasteiger partial charge in [0.05, 0.1) is 6.54 Å². The van der Waals surface area contributed by atoms with Crippen LogP contribution in [0.4, 0.5) is 13.2 Å². The summed E-state index contributed by atoms with van der Waals surface area (Å²) in [5.41, 5.74) is 0. The molecule has 2 fully saturated rings. The van der Waals surface area contributed by atoms with E-state index in [4.69, 9.17) is 0 Å². The number of hydrogen-bond donors (Lipinski definition) is 2. The number of guanidine groups is 1. The lowest BCUT2D eigenvalue weighted by Gasteiger charge is -2.26. The van der Waals surface area contributed by atoms with E-state index in [1.807, 2.05) is 6.92 Å². The maximum Gasteiger partial charge on any atom is 0.401 e. The van der Waals surface area contributed by atoms with E-state index >= 15 is 0 Å². The van der Waals surface area contributed by atoms with Crippen LogP contribution in [0.2, 0.25) is 0 Å². The lowest BCUT2D eigenvalue weighted by molar-refractivity contribution is -0.143. The predicted molar refractivity (Wildman–Crippen MR) is 120 cm³/mol. The van der Waals surface area contributed by atoms with Crippen LogP contribution in [-0.4, -0.2) is 80.3 Å². The van der Waals surface area contributed by atoms with Gasteiger partial charge in [0.1, 0.15) is 0 Å². The van der Waals surface area contributed by atoms with Crippen LogP contribution in [0, 0.1) is 0 Å². The molecule has 0 aromatic carbocycles. The Hall–Kier alpha value is -0.290. The van der Waals surface area contributed by atoms with Crippen molar-refractivity contribution in [1.29, 1.82) is 0 Å². The average molecular weight is 519 g/mol. The molecule has 2 aliphatic rings. The van der Waals surface area contributed by atoms with Crippen LogP contribution in [0.25, 0.3) is 0 Å². The number of nitrogens with zero attached hydrogens (tertiary/aromatic N) is 3. The Balaban J connectivity index is 0.00000392. The second-order valence-electron chi connectivity index (χ2n) is 7.70. The molecule has 2 rings (SSSR count). The molecule has 9 heteroatoms. The van der Waals surface area contributed by atoms with Crippen molar-refractivity contribution in [2.45, 2.75) is 64.1 Å². The number of piperidine rings is 1. The van der Waals surface area contributed by atoms with Crippen LogP contribution in [0.15, 0.2) is 4.99 Å². The molecule has 0 aliphatic carbocycles.